The van der Waals surface area contributed by atoms with Gasteiger partial charge in [-0.1, -0.05) is 12.1 Å². The summed E-state index contributed by atoms with van der Waals surface area (Å²) in [5, 5.41) is 10.2. The van der Waals surface area contributed by atoms with Crippen LogP contribution in [-0.2, 0) is 0 Å². The summed E-state index contributed by atoms with van der Waals surface area (Å²) in [5.74, 6) is 0. The second kappa shape index (κ2) is 3.25. The van der Waals surface area contributed by atoms with Gasteiger partial charge in [-0.05, 0) is 6.07 Å². The smallest absolute Gasteiger partial charge is 0.258 e. The van der Waals surface area contributed by atoms with Crippen LogP contribution in [0, 0.1) is 10.1 Å². The highest BCUT2D eigenvalue weighted by atomic mass is 32.3. The monoisotopic (exact) mass is 211 g/mol. The van der Waals surface area contributed by atoms with Crippen molar-refractivity contribution in [1.29, 1.82) is 0 Å². The standard InChI is InChI=1S/C6H4F3NO2S/c7-13(8,9)6-4-2-1-3-5(6)10(11)12/h1-4H. The molecule has 0 unspecified atom stereocenters. The van der Waals surface area contributed by atoms with Gasteiger partial charge in [-0.2, -0.15) is 0 Å². The molecular formula is C6H4F3NO2S. The van der Waals surface area contributed by atoms with Crippen molar-refractivity contribution in [3.05, 3.63) is 34.4 Å². The SMILES string of the molecule is O=[N+]([O-])c1ccccc1S(F)(F)F. The second-order valence-electron chi connectivity index (χ2n) is 2.13. The number of hydrogen-bond acceptors (Lipinski definition) is 2. The van der Waals surface area contributed by atoms with E-state index in [1.807, 2.05) is 0 Å². The van der Waals surface area contributed by atoms with Gasteiger partial charge in [0.1, 0.15) is 0 Å². The van der Waals surface area contributed by atoms with Gasteiger partial charge in [0.2, 0.25) is 11.2 Å². The van der Waals surface area contributed by atoms with E-state index in [0.29, 0.717) is 6.07 Å². The van der Waals surface area contributed by atoms with Gasteiger partial charge in [-0.15, -0.1) is 11.7 Å². The zero-order valence-corrected chi connectivity index (χ0v) is 6.93. The number of nitro groups is 1. The van der Waals surface area contributed by atoms with Crippen molar-refractivity contribution in [3.63, 3.8) is 0 Å². The molecule has 0 saturated heterocycles. The van der Waals surface area contributed by atoms with Crippen LogP contribution in [-0.4, -0.2) is 4.92 Å². The molecule has 7 heteroatoms. The maximum atomic E-state index is 12.2. The summed E-state index contributed by atoms with van der Waals surface area (Å²) in [6.45, 7) is 0. The van der Waals surface area contributed by atoms with Crippen LogP contribution >= 0.6 is 11.2 Å². The predicted molar refractivity (Wildman–Crippen MR) is 42.3 cm³/mol. The second-order valence-corrected chi connectivity index (χ2v) is 3.38. The molecule has 0 saturated carbocycles. The molecule has 0 bridgehead atoms. The van der Waals surface area contributed by atoms with E-state index in [4.69, 9.17) is 0 Å². The molecule has 0 amide bonds. The molecule has 1 aromatic rings. The molecule has 0 aliphatic rings. The molecule has 0 fully saturated rings. The minimum Gasteiger partial charge on any atom is -0.258 e. The number of benzene rings is 1. The van der Waals surface area contributed by atoms with Gasteiger partial charge in [-0.3, -0.25) is 10.1 Å². The Kier molecular flexibility index (Phi) is 2.46. The maximum absolute atomic E-state index is 12.2. The van der Waals surface area contributed by atoms with E-state index < -0.39 is 26.7 Å². The average Bonchev–Trinajstić information content (AvgIpc) is 2.03. The Morgan fingerprint density at radius 1 is 1.23 bits per heavy atom. The number of nitro benzene ring substituents is 1. The Labute approximate surface area is 73.5 Å². The Morgan fingerprint density at radius 3 is 2.15 bits per heavy atom. The molecule has 0 aromatic heterocycles. The molecule has 13 heavy (non-hydrogen) atoms. The first-order valence-electron chi connectivity index (χ1n) is 3.08. The normalized spacial score (nSPS) is 12.5. The van der Waals surface area contributed by atoms with Gasteiger partial charge < -0.3 is 0 Å². The van der Waals surface area contributed by atoms with E-state index in [9.17, 15) is 21.8 Å². The maximum Gasteiger partial charge on any atom is 0.288 e. The lowest BCUT2D eigenvalue weighted by Gasteiger charge is -2.08. The number of para-hydroxylation sites is 1. The highest BCUT2D eigenvalue weighted by molar-refractivity contribution is 8.21. The van der Waals surface area contributed by atoms with E-state index in [-0.39, 0.29) is 0 Å². The summed E-state index contributed by atoms with van der Waals surface area (Å²) >= 11 is -5.52. The largest absolute Gasteiger partial charge is 0.288 e. The van der Waals surface area contributed by atoms with Crippen LogP contribution in [0.3, 0.4) is 0 Å². The number of halogens is 3. The summed E-state index contributed by atoms with van der Waals surface area (Å²) in [4.78, 5) is 8.02. The Hall–Kier alpha value is -1.24. The van der Waals surface area contributed by atoms with Crippen LogP contribution in [0.2, 0.25) is 0 Å². The van der Waals surface area contributed by atoms with Gasteiger partial charge >= 0.3 is 0 Å². The van der Waals surface area contributed by atoms with Crippen molar-refractivity contribution in [1.82, 2.24) is 0 Å². The van der Waals surface area contributed by atoms with Crippen molar-refractivity contribution >= 4 is 16.9 Å². The summed E-state index contributed by atoms with van der Waals surface area (Å²) in [5.41, 5.74) is -0.884. The van der Waals surface area contributed by atoms with Crippen molar-refractivity contribution in [3.8, 4) is 0 Å². The minimum absolute atomic E-state index is 0.716. The van der Waals surface area contributed by atoms with Crippen LogP contribution in [0.5, 0.6) is 0 Å². The Balaban J connectivity index is 3.28. The Bertz CT molecular complexity index is 339. The van der Waals surface area contributed by atoms with E-state index in [0.717, 1.165) is 12.1 Å². The zero-order chi connectivity index (χ0) is 10.1. The van der Waals surface area contributed by atoms with Gasteiger partial charge in [0.05, 0.1) is 4.92 Å². The number of rotatable bonds is 2. The topological polar surface area (TPSA) is 43.1 Å². The van der Waals surface area contributed by atoms with Crippen molar-refractivity contribution in [2.24, 2.45) is 0 Å². The van der Waals surface area contributed by atoms with Gasteiger partial charge in [0.25, 0.3) is 5.69 Å². The Morgan fingerprint density at radius 2 is 1.77 bits per heavy atom. The summed E-state index contributed by atoms with van der Waals surface area (Å²) in [7, 11) is 0. The van der Waals surface area contributed by atoms with Crippen LogP contribution in [0.4, 0.5) is 17.3 Å². The van der Waals surface area contributed by atoms with Crippen LogP contribution in [0.15, 0.2) is 29.2 Å². The molecule has 72 valence electrons. The molecule has 0 heterocycles. The fraction of sp³-hybridized carbons (Fsp3) is 0. The predicted octanol–water partition coefficient (Wildman–Crippen LogP) is 3.41. The molecule has 1 aromatic carbocycles. The van der Waals surface area contributed by atoms with E-state index in [1.54, 1.807) is 0 Å². The van der Waals surface area contributed by atoms with E-state index >= 15 is 0 Å². The summed E-state index contributed by atoms with van der Waals surface area (Å²) in [6, 6.07) is 3.89. The minimum atomic E-state index is -5.52. The molecule has 0 radical (unpaired) electrons. The fourth-order valence-electron chi connectivity index (χ4n) is 0.804. The molecule has 0 atom stereocenters. The third kappa shape index (κ3) is 2.11. The van der Waals surface area contributed by atoms with Crippen molar-refractivity contribution < 1.29 is 16.6 Å². The number of hydrogen-bond donors (Lipinski definition) is 0. The number of nitrogens with zero attached hydrogens (tertiary/aromatic N) is 1. The average molecular weight is 211 g/mol. The molecule has 0 aliphatic carbocycles. The molecule has 1 rings (SSSR count). The molecule has 0 spiro atoms. The molecule has 0 N–H and O–H groups in total. The lowest BCUT2D eigenvalue weighted by Crippen LogP contribution is -1.92. The molecular weight excluding hydrogens is 207 g/mol. The van der Waals surface area contributed by atoms with Crippen LogP contribution in [0.25, 0.3) is 0 Å². The van der Waals surface area contributed by atoms with Crippen molar-refractivity contribution in [2.75, 3.05) is 0 Å². The first kappa shape index (κ1) is 9.85. The fourth-order valence-corrected chi connectivity index (χ4v) is 1.42. The van der Waals surface area contributed by atoms with Crippen molar-refractivity contribution in [2.45, 2.75) is 4.90 Å². The summed E-state index contributed by atoms with van der Waals surface area (Å²) < 4.78 is 36.6. The van der Waals surface area contributed by atoms with Gasteiger partial charge in [-0.25, -0.2) is 0 Å². The third-order valence-corrected chi connectivity index (χ3v) is 2.16. The zero-order valence-electron chi connectivity index (χ0n) is 6.12. The van der Waals surface area contributed by atoms with Gasteiger partial charge in [0.15, 0.2) is 4.90 Å². The first-order chi connectivity index (χ1) is 5.93. The first-order valence-corrected chi connectivity index (χ1v) is 4.42. The highest BCUT2D eigenvalue weighted by Crippen LogP contribution is 2.63. The summed E-state index contributed by atoms with van der Waals surface area (Å²) in [6.07, 6.45) is 0. The quantitative estimate of drug-likeness (QED) is 0.555. The van der Waals surface area contributed by atoms with E-state index in [2.05, 4.69) is 0 Å². The molecule has 3 nitrogen and oxygen atoms in total. The van der Waals surface area contributed by atoms with Gasteiger partial charge in [0, 0.05) is 6.07 Å². The van der Waals surface area contributed by atoms with Crippen LogP contribution in [0.1, 0.15) is 0 Å². The van der Waals surface area contributed by atoms with E-state index in [1.165, 1.54) is 6.07 Å². The van der Waals surface area contributed by atoms with Crippen LogP contribution < -0.4 is 0 Å². The molecule has 0 aliphatic heterocycles. The highest BCUT2D eigenvalue weighted by Gasteiger charge is 2.32. The lowest BCUT2D eigenvalue weighted by molar-refractivity contribution is -0.387. The third-order valence-electron chi connectivity index (χ3n) is 1.31. The lowest BCUT2D eigenvalue weighted by atomic mass is 10.3.